The van der Waals surface area contributed by atoms with E-state index in [1.807, 2.05) is 50.1 Å². The van der Waals surface area contributed by atoms with Crippen LogP contribution in [0.1, 0.15) is 34.0 Å². The van der Waals surface area contributed by atoms with E-state index in [9.17, 15) is 4.79 Å². The molecule has 0 N–H and O–H groups in total. The molecule has 25 heavy (non-hydrogen) atoms. The number of halogens is 1. The first-order chi connectivity index (χ1) is 11.9. The Morgan fingerprint density at radius 1 is 1.20 bits per heavy atom. The van der Waals surface area contributed by atoms with Crippen LogP contribution in [0.25, 0.3) is 0 Å². The van der Waals surface area contributed by atoms with Gasteiger partial charge in [0.25, 0.3) is 0 Å². The maximum absolute atomic E-state index is 12.4. The third-order valence-corrected chi connectivity index (χ3v) is 4.19. The van der Waals surface area contributed by atoms with Crippen LogP contribution < -0.4 is 0 Å². The Bertz CT molecular complexity index is 770. The van der Waals surface area contributed by atoms with Gasteiger partial charge in [0.05, 0.1) is 17.6 Å². The van der Waals surface area contributed by atoms with E-state index in [0.717, 1.165) is 28.9 Å². The lowest BCUT2D eigenvalue weighted by atomic mass is 10.0. The molecule has 0 heterocycles. The number of aryl methyl sites for hydroxylation is 2. The van der Waals surface area contributed by atoms with Gasteiger partial charge in [0.15, 0.2) is 0 Å². The van der Waals surface area contributed by atoms with Gasteiger partial charge >= 0.3 is 5.97 Å². The fourth-order valence-corrected chi connectivity index (χ4v) is 2.34. The van der Waals surface area contributed by atoms with E-state index < -0.39 is 0 Å². The summed E-state index contributed by atoms with van der Waals surface area (Å²) in [4.78, 5) is 18.9. The van der Waals surface area contributed by atoms with Crippen molar-refractivity contribution >= 4 is 29.6 Å². The van der Waals surface area contributed by atoms with E-state index in [-0.39, 0.29) is 12.6 Å². The highest BCUT2D eigenvalue weighted by Crippen LogP contribution is 2.24. The molecule has 0 unspecified atom stereocenters. The summed E-state index contributed by atoms with van der Waals surface area (Å²) >= 11 is 5.86. The van der Waals surface area contributed by atoms with Crippen LogP contribution in [0.2, 0.25) is 5.02 Å². The van der Waals surface area contributed by atoms with Gasteiger partial charge in [-0.3, -0.25) is 0 Å². The molecule has 4 nitrogen and oxygen atoms in total. The van der Waals surface area contributed by atoms with E-state index in [1.165, 1.54) is 0 Å². The van der Waals surface area contributed by atoms with Crippen molar-refractivity contribution < 1.29 is 9.53 Å². The van der Waals surface area contributed by atoms with Crippen LogP contribution in [0.4, 0.5) is 5.69 Å². The predicted octanol–water partition coefficient (Wildman–Crippen LogP) is 4.93. The number of ether oxygens (including phenoxy) is 1. The third kappa shape index (κ3) is 5.33. The first kappa shape index (κ1) is 19.0. The Balaban J connectivity index is 2.10. The number of hydrogen-bond donors (Lipinski definition) is 0. The van der Waals surface area contributed by atoms with Gasteiger partial charge in [-0.2, -0.15) is 0 Å². The third-order valence-electron chi connectivity index (χ3n) is 3.94. The van der Waals surface area contributed by atoms with Gasteiger partial charge in [-0.05, 0) is 61.7 Å². The van der Waals surface area contributed by atoms with E-state index in [0.29, 0.717) is 10.6 Å². The molecule has 2 aromatic carbocycles. The van der Waals surface area contributed by atoms with Crippen molar-refractivity contribution in [2.24, 2.45) is 4.99 Å². The van der Waals surface area contributed by atoms with Crippen LogP contribution in [-0.4, -0.2) is 30.8 Å². The molecule has 0 aromatic heterocycles. The summed E-state index contributed by atoms with van der Waals surface area (Å²) in [5.74, 6) is -0.336. The number of carbonyl (C=O) groups excluding carboxylic acids is 1. The van der Waals surface area contributed by atoms with Gasteiger partial charge in [0, 0.05) is 18.6 Å². The van der Waals surface area contributed by atoms with Crippen molar-refractivity contribution in [3.8, 4) is 0 Å². The van der Waals surface area contributed by atoms with E-state index in [1.54, 1.807) is 18.5 Å². The summed E-state index contributed by atoms with van der Waals surface area (Å²) in [6.07, 6.45) is 1.79. The summed E-state index contributed by atoms with van der Waals surface area (Å²) < 4.78 is 5.42. The zero-order valence-corrected chi connectivity index (χ0v) is 15.8. The average molecular weight is 359 g/mol. The maximum Gasteiger partial charge on any atom is 0.338 e. The standard InChI is InChI=1S/C20H23ClN2O2/c1-5-23(4)13-22-19-11-14(2)18(10-15(19)3)20(24)25-12-16-6-8-17(21)9-7-16/h6-11,13H,5,12H2,1-4H3. The molecule has 0 saturated carbocycles. The van der Waals surface area contributed by atoms with Gasteiger partial charge in [0.2, 0.25) is 0 Å². The number of aliphatic imine (C=N–C) groups is 1. The fourth-order valence-electron chi connectivity index (χ4n) is 2.21. The topological polar surface area (TPSA) is 41.9 Å². The Morgan fingerprint density at radius 3 is 2.52 bits per heavy atom. The second-order valence-electron chi connectivity index (χ2n) is 5.97. The maximum atomic E-state index is 12.4. The molecule has 0 bridgehead atoms. The molecular weight excluding hydrogens is 336 g/mol. The summed E-state index contributed by atoms with van der Waals surface area (Å²) in [6, 6.07) is 11.0. The minimum atomic E-state index is -0.336. The zero-order valence-electron chi connectivity index (χ0n) is 15.0. The largest absolute Gasteiger partial charge is 0.457 e. The van der Waals surface area contributed by atoms with Crippen LogP contribution >= 0.6 is 11.6 Å². The highest BCUT2D eigenvalue weighted by molar-refractivity contribution is 6.30. The molecule has 5 heteroatoms. The molecule has 132 valence electrons. The monoisotopic (exact) mass is 358 g/mol. The fraction of sp³-hybridized carbons (Fsp3) is 0.300. The lowest BCUT2D eigenvalue weighted by molar-refractivity contribution is 0.0472. The Kier molecular flexibility index (Phi) is 6.59. The van der Waals surface area contributed by atoms with Crippen LogP contribution in [-0.2, 0) is 11.3 Å². The first-order valence-electron chi connectivity index (χ1n) is 8.18. The van der Waals surface area contributed by atoms with E-state index in [4.69, 9.17) is 16.3 Å². The SMILES string of the molecule is CCN(C)C=Nc1cc(C)c(C(=O)OCc2ccc(Cl)cc2)cc1C. The summed E-state index contributed by atoms with van der Waals surface area (Å²) in [5.41, 5.74) is 4.10. The molecule has 0 fully saturated rings. The number of hydrogen-bond acceptors (Lipinski definition) is 3. The van der Waals surface area contributed by atoms with Gasteiger partial charge in [-0.15, -0.1) is 0 Å². The Morgan fingerprint density at radius 2 is 1.88 bits per heavy atom. The van der Waals surface area contributed by atoms with Crippen molar-refractivity contribution in [3.63, 3.8) is 0 Å². The normalized spacial score (nSPS) is 10.9. The lowest BCUT2D eigenvalue weighted by Crippen LogP contribution is -2.14. The van der Waals surface area contributed by atoms with E-state index >= 15 is 0 Å². The molecule has 0 aliphatic heterocycles. The number of nitrogens with zero attached hydrogens (tertiary/aromatic N) is 2. The minimum Gasteiger partial charge on any atom is -0.457 e. The van der Waals surface area contributed by atoms with Crippen LogP contribution in [0, 0.1) is 13.8 Å². The van der Waals surface area contributed by atoms with Gasteiger partial charge < -0.3 is 9.64 Å². The van der Waals surface area contributed by atoms with Crippen molar-refractivity contribution in [1.29, 1.82) is 0 Å². The molecule has 0 aliphatic carbocycles. The van der Waals surface area contributed by atoms with Crippen LogP contribution in [0.3, 0.4) is 0 Å². The lowest BCUT2D eigenvalue weighted by Gasteiger charge is -2.12. The number of rotatable bonds is 6. The van der Waals surface area contributed by atoms with Crippen LogP contribution in [0.5, 0.6) is 0 Å². The molecule has 0 saturated heterocycles. The first-order valence-corrected chi connectivity index (χ1v) is 8.55. The predicted molar refractivity (Wildman–Crippen MR) is 103 cm³/mol. The molecule has 0 amide bonds. The zero-order chi connectivity index (χ0) is 18.4. The highest BCUT2D eigenvalue weighted by atomic mass is 35.5. The number of esters is 1. The van der Waals surface area contributed by atoms with Crippen LogP contribution in [0.15, 0.2) is 41.4 Å². The van der Waals surface area contributed by atoms with Crippen molar-refractivity contribution in [2.75, 3.05) is 13.6 Å². The summed E-state index contributed by atoms with van der Waals surface area (Å²) in [6.45, 7) is 6.99. The average Bonchev–Trinajstić information content (AvgIpc) is 2.61. The quantitative estimate of drug-likeness (QED) is 0.418. The second kappa shape index (κ2) is 8.67. The molecular formula is C20H23ClN2O2. The van der Waals surface area contributed by atoms with Gasteiger partial charge in [-0.25, -0.2) is 9.79 Å². The van der Waals surface area contributed by atoms with Crippen molar-refractivity contribution in [1.82, 2.24) is 4.90 Å². The summed E-state index contributed by atoms with van der Waals surface area (Å²) in [5, 5.41) is 0.659. The van der Waals surface area contributed by atoms with Gasteiger partial charge in [-0.1, -0.05) is 23.7 Å². The molecule has 2 rings (SSSR count). The minimum absolute atomic E-state index is 0.218. The molecule has 0 radical (unpaired) electrons. The molecule has 0 atom stereocenters. The Hall–Kier alpha value is -2.33. The highest BCUT2D eigenvalue weighted by Gasteiger charge is 2.13. The molecule has 0 spiro atoms. The summed E-state index contributed by atoms with van der Waals surface area (Å²) in [7, 11) is 1.97. The van der Waals surface area contributed by atoms with Gasteiger partial charge in [0.1, 0.15) is 6.61 Å². The molecule has 2 aromatic rings. The van der Waals surface area contributed by atoms with Crippen molar-refractivity contribution in [2.45, 2.75) is 27.4 Å². The number of benzene rings is 2. The van der Waals surface area contributed by atoms with Crippen molar-refractivity contribution in [3.05, 3.63) is 63.7 Å². The van der Waals surface area contributed by atoms with E-state index in [2.05, 4.69) is 11.9 Å². The number of carbonyl (C=O) groups is 1. The second-order valence-corrected chi connectivity index (χ2v) is 6.41. The molecule has 0 aliphatic rings. The Labute approximate surface area is 154 Å². The smallest absolute Gasteiger partial charge is 0.338 e.